The van der Waals surface area contributed by atoms with Gasteiger partial charge < -0.3 is 15.8 Å². The maximum absolute atomic E-state index is 12.3. The Hall–Kier alpha value is -1.39. The van der Waals surface area contributed by atoms with E-state index in [0.29, 0.717) is 13.2 Å². The smallest absolute Gasteiger partial charge is 0.240 e. The molecule has 0 bridgehead atoms. The van der Waals surface area contributed by atoms with E-state index in [1.807, 2.05) is 0 Å². The van der Waals surface area contributed by atoms with Crippen LogP contribution in [-0.2, 0) is 16.0 Å². The molecule has 0 spiro atoms. The molecule has 132 valence electrons. The highest BCUT2D eigenvalue weighted by Gasteiger charge is 2.34. The van der Waals surface area contributed by atoms with Gasteiger partial charge in [-0.25, -0.2) is 0 Å². The van der Waals surface area contributed by atoms with Gasteiger partial charge >= 0.3 is 0 Å². The Morgan fingerprint density at radius 3 is 2.83 bits per heavy atom. The zero-order chi connectivity index (χ0) is 16.8. The van der Waals surface area contributed by atoms with E-state index in [0.717, 1.165) is 44.9 Å². The SMILES string of the molecule is NC1(C(=O)NCCCOC2CCCc3ccccc32)CCCCC1. The third kappa shape index (κ3) is 4.17. The second-order valence-electron chi connectivity index (χ2n) is 7.28. The topological polar surface area (TPSA) is 64.4 Å². The number of carbonyl (C=O) groups excluding carboxylic acids is 1. The lowest BCUT2D eigenvalue weighted by Crippen LogP contribution is -2.55. The largest absolute Gasteiger partial charge is 0.373 e. The summed E-state index contributed by atoms with van der Waals surface area (Å²) in [6.07, 6.45) is 9.44. The third-order valence-electron chi connectivity index (χ3n) is 5.44. The van der Waals surface area contributed by atoms with Gasteiger partial charge in [0.15, 0.2) is 0 Å². The van der Waals surface area contributed by atoms with Crippen LogP contribution in [0.3, 0.4) is 0 Å². The number of carbonyl (C=O) groups is 1. The molecule has 3 rings (SSSR count). The van der Waals surface area contributed by atoms with E-state index in [9.17, 15) is 4.79 Å². The zero-order valence-electron chi connectivity index (χ0n) is 14.6. The second-order valence-corrected chi connectivity index (χ2v) is 7.28. The van der Waals surface area contributed by atoms with Crippen molar-refractivity contribution in [2.75, 3.05) is 13.2 Å². The normalized spacial score (nSPS) is 22.6. The predicted molar refractivity (Wildman–Crippen MR) is 95.7 cm³/mol. The molecular weight excluding hydrogens is 300 g/mol. The van der Waals surface area contributed by atoms with E-state index in [-0.39, 0.29) is 12.0 Å². The summed E-state index contributed by atoms with van der Waals surface area (Å²) in [5, 5.41) is 3.01. The van der Waals surface area contributed by atoms with Crippen molar-refractivity contribution in [2.45, 2.75) is 69.4 Å². The lowest BCUT2D eigenvalue weighted by molar-refractivity contribution is -0.127. The Kier molecular flexibility index (Phi) is 5.90. The van der Waals surface area contributed by atoms with Crippen LogP contribution in [0, 0.1) is 0 Å². The molecule has 4 nitrogen and oxygen atoms in total. The van der Waals surface area contributed by atoms with Crippen molar-refractivity contribution < 1.29 is 9.53 Å². The second kappa shape index (κ2) is 8.13. The number of rotatable bonds is 6. The Balaban J connectivity index is 1.38. The standard InChI is InChI=1S/C20H30N2O2/c21-20(12-4-1-5-13-20)19(23)22-14-7-15-24-18-11-6-9-16-8-2-3-10-17(16)18/h2-3,8,10,18H,1,4-7,9,11-15,21H2,(H,22,23). The van der Waals surface area contributed by atoms with Crippen molar-refractivity contribution >= 4 is 5.91 Å². The van der Waals surface area contributed by atoms with Crippen LogP contribution in [0.5, 0.6) is 0 Å². The number of fused-ring (bicyclic) bond motifs is 1. The molecule has 3 N–H and O–H groups in total. The van der Waals surface area contributed by atoms with Gasteiger partial charge in [-0.15, -0.1) is 0 Å². The first-order valence-corrected chi connectivity index (χ1v) is 9.46. The van der Waals surface area contributed by atoms with Crippen molar-refractivity contribution in [3.05, 3.63) is 35.4 Å². The minimum absolute atomic E-state index is 0.0187. The molecule has 24 heavy (non-hydrogen) atoms. The molecule has 0 aliphatic heterocycles. The van der Waals surface area contributed by atoms with E-state index in [1.165, 1.54) is 24.0 Å². The fourth-order valence-electron chi connectivity index (χ4n) is 3.97. The Morgan fingerprint density at radius 2 is 2.00 bits per heavy atom. The van der Waals surface area contributed by atoms with Crippen molar-refractivity contribution in [3.63, 3.8) is 0 Å². The number of hydrogen-bond acceptors (Lipinski definition) is 3. The van der Waals surface area contributed by atoms with Gasteiger partial charge in [-0.3, -0.25) is 4.79 Å². The van der Waals surface area contributed by atoms with Crippen LogP contribution in [0.1, 0.15) is 68.6 Å². The van der Waals surface area contributed by atoms with Crippen molar-refractivity contribution in [1.82, 2.24) is 5.32 Å². The van der Waals surface area contributed by atoms with Crippen molar-refractivity contribution in [2.24, 2.45) is 5.73 Å². The maximum atomic E-state index is 12.3. The van der Waals surface area contributed by atoms with Crippen LogP contribution in [0.4, 0.5) is 0 Å². The van der Waals surface area contributed by atoms with Gasteiger partial charge in [-0.1, -0.05) is 43.5 Å². The van der Waals surface area contributed by atoms with Crippen LogP contribution < -0.4 is 11.1 Å². The highest BCUT2D eigenvalue weighted by Crippen LogP contribution is 2.32. The fraction of sp³-hybridized carbons (Fsp3) is 0.650. The van der Waals surface area contributed by atoms with Gasteiger partial charge in [0, 0.05) is 13.2 Å². The summed E-state index contributed by atoms with van der Waals surface area (Å²) in [5.74, 6) is 0.0187. The monoisotopic (exact) mass is 330 g/mol. The molecule has 2 aliphatic carbocycles. The predicted octanol–water partition coefficient (Wildman–Crippen LogP) is 3.25. The lowest BCUT2D eigenvalue weighted by Gasteiger charge is -2.31. The summed E-state index contributed by atoms with van der Waals surface area (Å²) in [6, 6.07) is 8.58. The summed E-state index contributed by atoms with van der Waals surface area (Å²) in [5.41, 5.74) is 8.37. The maximum Gasteiger partial charge on any atom is 0.240 e. The first-order valence-electron chi connectivity index (χ1n) is 9.46. The lowest BCUT2D eigenvalue weighted by atomic mass is 9.82. The zero-order valence-corrected chi connectivity index (χ0v) is 14.6. The van der Waals surface area contributed by atoms with Gasteiger partial charge in [0.05, 0.1) is 11.6 Å². The Labute approximate surface area is 145 Å². The molecule has 1 aromatic rings. The number of ether oxygens (including phenoxy) is 1. The Bertz CT molecular complexity index is 552. The molecule has 1 amide bonds. The van der Waals surface area contributed by atoms with E-state index in [4.69, 9.17) is 10.5 Å². The molecule has 0 saturated heterocycles. The average molecular weight is 330 g/mol. The first kappa shape index (κ1) is 17.4. The number of hydrogen-bond donors (Lipinski definition) is 2. The summed E-state index contributed by atoms with van der Waals surface area (Å²) in [7, 11) is 0. The van der Waals surface area contributed by atoms with E-state index in [2.05, 4.69) is 29.6 Å². The minimum Gasteiger partial charge on any atom is -0.373 e. The van der Waals surface area contributed by atoms with Gasteiger partial charge in [0.2, 0.25) is 5.91 Å². The molecule has 1 atom stereocenters. The summed E-state index contributed by atoms with van der Waals surface area (Å²) in [6.45, 7) is 1.32. The number of aryl methyl sites for hydroxylation is 1. The number of nitrogens with two attached hydrogens (primary N) is 1. The molecular formula is C20H30N2O2. The number of nitrogens with one attached hydrogen (secondary N) is 1. The molecule has 1 saturated carbocycles. The molecule has 0 radical (unpaired) electrons. The molecule has 0 aromatic heterocycles. The van der Waals surface area contributed by atoms with Crippen LogP contribution >= 0.6 is 0 Å². The molecule has 4 heteroatoms. The van der Waals surface area contributed by atoms with E-state index < -0.39 is 5.54 Å². The highest BCUT2D eigenvalue weighted by molar-refractivity contribution is 5.86. The third-order valence-corrected chi connectivity index (χ3v) is 5.44. The number of amides is 1. The van der Waals surface area contributed by atoms with Gasteiger partial charge in [0.25, 0.3) is 0 Å². The van der Waals surface area contributed by atoms with Crippen molar-refractivity contribution in [3.8, 4) is 0 Å². The van der Waals surface area contributed by atoms with Crippen LogP contribution in [0.25, 0.3) is 0 Å². The van der Waals surface area contributed by atoms with E-state index in [1.54, 1.807) is 0 Å². The fourth-order valence-corrected chi connectivity index (χ4v) is 3.97. The molecule has 0 heterocycles. The molecule has 1 aromatic carbocycles. The minimum atomic E-state index is -0.637. The van der Waals surface area contributed by atoms with Crippen LogP contribution in [0.15, 0.2) is 24.3 Å². The summed E-state index contributed by atoms with van der Waals surface area (Å²) >= 11 is 0. The summed E-state index contributed by atoms with van der Waals surface area (Å²) in [4.78, 5) is 12.3. The average Bonchev–Trinajstić information content (AvgIpc) is 2.62. The van der Waals surface area contributed by atoms with Gasteiger partial charge in [-0.05, 0) is 49.7 Å². The first-order chi connectivity index (χ1) is 11.7. The molecule has 1 unspecified atom stereocenters. The quantitative estimate of drug-likeness (QED) is 0.787. The van der Waals surface area contributed by atoms with Crippen molar-refractivity contribution in [1.29, 1.82) is 0 Å². The molecule has 1 fully saturated rings. The van der Waals surface area contributed by atoms with Gasteiger partial charge in [0.1, 0.15) is 0 Å². The number of benzene rings is 1. The summed E-state index contributed by atoms with van der Waals surface area (Å²) < 4.78 is 6.08. The highest BCUT2D eigenvalue weighted by atomic mass is 16.5. The van der Waals surface area contributed by atoms with Crippen LogP contribution in [-0.4, -0.2) is 24.6 Å². The Morgan fingerprint density at radius 1 is 1.21 bits per heavy atom. The molecule has 2 aliphatic rings. The van der Waals surface area contributed by atoms with E-state index >= 15 is 0 Å². The van der Waals surface area contributed by atoms with Crippen LogP contribution in [0.2, 0.25) is 0 Å². The van der Waals surface area contributed by atoms with Gasteiger partial charge in [-0.2, -0.15) is 0 Å².